The van der Waals surface area contributed by atoms with E-state index in [0.29, 0.717) is 11.7 Å². The maximum Gasteiger partial charge on any atom is 0.376 e. The fourth-order valence-electron chi connectivity index (χ4n) is 3.37. The van der Waals surface area contributed by atoms with Crippen molar-refractivity contribution in [2.75, 3.05) is 27.3 Å². The van der Waals surface area contributed by atoms with Crippen LogP contribution in [0.25, 0.3) is 0 Å². The second kappa shape index (κ2) is 15.9. The van der Waals surface area contributed by atoms with Gasteiger partial charge in [-0.25, -0.2) is 4.57 Å². The van der Waals surface area contributed by atoms with Gasteiger partial charge in [0.2, 0.25) is 0 Å². The van der Waals surface area contributed by atoms with E-state index in [2.05, 4.69) is 55.8 Å². The van der Waals surface area contributed by atoms with Crippen LogP contribution >= 0.6 is 7.60 Å². The van der Waals surface area contributed by atoms with Crippen molar-refractivity contribution in [3.05, 3.63) is 36.8 Å². The van der Waals surface area contributed by atoms with Crippen LogP contribution in [0, 0.1) is 18.8 Å². The molecule has 1 rings (SSSR count). The molecule has 0 heterocycles. The summed E-state index contributed by atoms with van der Waals surface area (Å²) >= 11 is 0. The second-order valence-corrected chi connectivity index (χ2v) is 11.6. The highest BCUT2D eigenvalue weighted by atomic mass is 31.2. The maximum atomic E-state index is 12.6. The molecule has 0 radical (unpaired) electrons. The summed E-state index contributed by atoms with van der Waals surface area (Å²) < 4.78 is 18.9. The Hall–Kier alpha value is -0.830. The van der Waals surface area contributed by atoms with Crippen molar-refractivity contribution in [2.24, 2.45) is 11.8 Å². The third-order valence-electron chi connectivity index (χ3n) is 5.43. The topological polar surface area (TPSA) is 46.5 Å². The van der Waals surface area contributed by atoms with Crippen molar-refractivity contribution in [1.82, 2.24) is 0 Å². The lowest BCUT2D eigenvalue weighted by molar-refractivity contribution is -0.884. The van der Waals surface area contributed by atoms with Crippen LogP contribution in [-0.4, -0.2) is 36.7 Å². The number of hydrogen-bond donors (Lipinski definition) is 1. The normalized spacial score (nSPS) is 15.4. The summed E-state index contributed by atoms with van der Waals surface area (Å²) in [5.41, 5.74) is 0.968. The zero-order valence-corrected chi connectivity index (χ0v) is 22.3. The van der Waals surface area contributed by atoms with Gasteiger partial charge in [0.25, 0.3) is 0 Å². The van der Waals surface area contributed by atoms with E-state index in [1.165, 1.54) is 25.7 Å². The molecule has 5 heteroatoms. The zero-order valence-electron chi connectivity index (χ0n) is 21.4. The molecule has 1 aromatic carbocycles. The molecule has 0 spiro atoms. The Balaban J connectivity index is 0.000000954. The Labute approximate surface area is 193 Å². The molecule has 4 nitrogen and oxygen atoms in total. The number of unbranched alkanes of at least 4 members (excludes halogenated alkanes) is 2. The Morgan fingerprint density at radius 2 is 1.58 bits per heavy atom. The van der Waals surface area contributed by atoms with Crippen molar-refractivity contribution in [2.45, 2.75) is 85.6 Å². The van der Waals surface area contributed by atoms with Crippen molar-refractivity contribution in [3.8, 4) is 5.75 Å². The van der Waals surface area contributed by atoms with Crippen LogP contribution in [0.3, 0.4) is 0 Å². The molecule has 182 valence electrons. The van der Waals surface area contributed by atoms with Crippen LogP contribution in [0.2, 0.25) is 0 Å². The lowest BCUT2D eigenvalue weighted by Crippen LogP contribution is -2.33. The van der Waals surface area contributed by atoms with Gasteiger partial charge >= 0.3 is 7.60 Å². The van der Waals surface area contributed by atoms with Gasteiger partial charge in [-0.05, 0) is 24.5 Å². The molecule has 3 atom stereocenters. The molecule has 3 unspecified atom stereocenters. The molecule has 0 aromatic heterocycles. The summed E-state index contributed by atoms with van der Waals surface area (Å²) in [5, 5.41) is 0. The molecule has 0 aliphatic carbocycles. The first-order valence-electron chi connectivity index (χ1n) is 12.2. The Morgan fingerprint density at radius 3 is 2.10 bits per heavy atom. The fraction of sp³-hybridized carbons (Fsp3) is 0.731. The molecule has 31 heavy (non-hydrogen) atoms. The van der Waals surface area contributed by atoms with Gasteiger partial charge < -0.3 is 20.8 Å². The van der Waals surface area contributed by atoms with Crippen LogP contribution in [0.15, 0.2) is 24.3 Å². The van der Waals surface area contributed by atoms with E-state index in [1.54, 1.807) is 6.07 Å². The van der Waals surface area contributed by atoms with Gasteiger partial charge in [0.05, 0.1) is 27.3 Å². The number of hydrogen-bond acceptors (Lipinski definition) is 2. The number of para-hydroxylation sites is 1. The van der Waals surface area contributed by atoms with E-state index in [0.717, 1.165) is 42.3 Å². The lowest BCUT2D eigenvalue weighted by Gasteiger charge is -2.26. The second-order valence-electron chi connectivity index (χ2n) is 9.80. The number of rotatable bonds is 14. The zero-order chi connectivity index (χ0) is 23.9. The maximum absolute atomic E-state index is 12.6. The minimum Gasteiger partial charge on any atom is -0.424 e. The van der Waals surface area contributed by atoms with E-state index >= 15 is 0 Å². The number of quaternary nitrogens is 1. The molecule has 0 fully saturated rings. The molecule has 0 saturated carbocycles. The molecule has 0 aliphatic heterocycles. The third kappa shape index (κ3) is 15.6. The highest BCUT2D eigenvalue weighted by Gasteiger charge is 2.27. The predicted molar refractivity (Wildman–Crippen MR) is 135 cm³/mol. The average molecular weight is 456 g/mol. The summed E-state index contributed by atoms with van der Waals surface area (Å²) in [5.74, 6) is 1.49. The minimum absolute atomic E-state index is 0.238. The molecular weight excluding hydrogens is 405 g/mol. The number of benzene rings is 1. The van der Waals surface area contributed by atoms with Crippen LogP contribution in [0.4, 0.5) is 0 Å². The van der Waals surface area contributed by atoms with E-state index in [1.807, 2.05) is 18.2 Å². The highest BCUT2D eigenvalue weighted by Crippen LogP contribution is 2.46. The molecule has 1 aromatic rings. The smallest absolute Gasteiger partial charge is 0.376 e. The van der Waals surface area contributed by atoms with Crippen LogP contribution in [0.1, 0.15) is 84.6 Å². The van der Waals surface area contributed by atoms with Crippen molar-refractivity contribution in [1.29, 1.82) is 0 Å². The number of nitrogens with zero attached hydrogens (tertiary/aromatic N) is 1. The van der Waals surface area contributed by atoms with Gasteiger partial charge in [-0.1, -0.05) is 84.8 Å². The summed E-state index contributed by atoms with van der Waals surface area (Å²) in [6, 6.07) is 7.55. The Morgan fingerprint density at radius 1 is 1.00 bits per heavy atom. The van der Waals surface area contributed by atoms with Gasteiger partial charge in [0, 0.05) is 5.56 Å². The van der Waals surface area contributed by atoms with Crippen molar-refractivity contribution < 1.29 is 18.5 Å². The fourth-order valence-corrected chi connectivity index (χ4v) is 5.02. The highest BCUT2D eigenvalue weighted by molar-refractivity contribution is 7.53. The molecule has 0 bridgehead atoms. The van der Waals surface area contributed by atoms with Gasteiger partial charge in [0.15, 0.2) is 0 Å². The molecule has 0 aliphatic rings. The quantitative estimate of drug-likeness (QED) is 0.177. The van der Waals surface area contributed by atoms with Crippen LogP contribution < -0.4 is 4.52 Å². The van der Waals surface area contributed by atoms with Crippen LogP contribution in [0.5, 0.6) is 5.75 Å². The molecule has 0 saturated heterocycles. The average Bonchev–Trinajstić information content (AvgIpc) is 2.69. The van der Waals surface area contributed by atoms with E-state index in [-0.39, 0.29) is 12.1 Å². The van der Waals surface area contributed by atoms with Gasteiger partial charge in [-0.3, -0.25) is 0 Å². The van der Waals surface area contributed by atoms with Gasteiger partial charge in [-0.15, -0.1) is 0 Å². The van der Waals surface area contributed by atoms with Gasteiger partial charge in [-0.2, -0.15) is 5.92 Å². The summed E-state index contributed by atoms with van der Waals surface area (Å²) in [6.07, 6.45) is 9.55. The Bertz CT molecular complexity index is 627. The predicted octanol–water partition coefficient (Wildman–Crippen LogP) is 7.71. The lowest BCUT2D eigenvalue weighted by atomic mass is 10.0. The van der Waals surface area contributed by atoms with E-state index in [9.17, 15) is 9.46 Å². The molecule has 0 amide bonds. The molecule has 1 N–H and O–H groups in total. The first kappa shape index (κ1) is 30.2. The van der Waals surface area contributed by atoms with Crippen LogP contribution in [-0.2, 0) is 11.1 Å². The largest absolute Gasteiger partial charge is 0.424 e. The Kier molecular flexibility index (Phi) is 15.5. The minimum atomic E-state index is -3.63. The SMILES string of the molecule is CCCCC(CC)CP(=O)(O)Oc1ccccc1C[N+](C)(C)C.[CH2-]C(CC)CCCC. The third-order valence-corrected chi connectivity index (χ3v) is 6.89. The first-order chi connectivity index (χ1) is 14.5. The van der Waals surface area contributed by atoms with E-state index in [4.69, 9.17) is 4.52 Å². The molecular formula is C26H50NO3P. The summed E-state index contributed by atoms with van der Waals surface area (Å²) in [4.78, 5) is 10.3. The van der Waals surface area contributed by atoms with Crippen molar-refractivity contribution in [3.63, 3.8) is 0 Å². The summed E-state index contributed by atoms with van der Waals surface area (Å²) in [6.45, 7) is 13.4. The first-order valence-corrected chi connectivity index (χ1v) is 14.0. The monoisotopic (exact) mass is 455 g/mol. The summed E-state index contributed by atoms with van der Waals surface area (Å²) in [7, 11) is 2.64. The van der Waals surface area contributed by atoms with Crippen molar-refractivity contribution >= 4 is 7.60 Å². The van der Waals surface area contributed by atoms with E-state index < -0.39 is 7.60 Å². The standard InChI is InChI=1S/C18H32NO3P.C8H17/c1-6-8-11-16(7-2)15-23(20,21)22-18-13-10-9-12-17(18)14-19(3,4)5;1-4-6-7-8(3)5-2/h9-10,12-13,16H,6-8,11,14-15H2,1-5H3;8H,3-7H2,1-2H3/q;-1/p+1. The van der Waals surface area contributed by atoms with Gasteiger partial charge in [0.1, 0.15) is 12.3 Å².